The molecule has 0 bridgehead atoms. The molecular formula is C10H11N. The number of rotatable bonds is 0. The normalized spacial score (nSPS) is 15.2. The van der Waals surface area contributed by atoms with E-state index in [1.54, 1.807) is 0 Å². The molecule has 0 atom stereocenters. The number of allylic oxidation sites excluding steroid dienone is 1. The number of aromatic nitrogens is 1. The van der Waals surface area contributed by atoms with Gasteiger partial charge in [-0.3, -0.25) is 4.98 Å². The molecule has 56 valence electrons. The van der Waals surface area contributed by atoms with Crippen molar-refractivity contribution in [2.75, 3.05) is 0 Å². The van der Waals surface area contributed by atoms with E-state index in [2.05, 4.69) is 18.5 Å². The van der Waals surface area contributed by atoms with E-state index in [4.69, 9.17) is 0 Å². The van der Waals surface area contributed by atoms with Gasteiger partial charge in [0, 0.05) is 12.4 Å². The quantitative estimate of drug-likeness (QED) is 0.546. The highest BCUT2D eigenvalue weighted by molar-refractivity contribution is 5.70. The van der Waals surface area contributed by atoms with E-state index in [1.807, 2.05) is 12.4 Å². The Bertz CT molecular complexity index is 313. The van der Waals surface area contributed by atoms with Gasteiger partial charge in [0.1, 0.15) is 0 Å². The molecule has 0 spiro atoms. The predicted molar refractivity (Wildman–Crippen MR) is 46.3 cm³/mol. The minimum Gasteiger partial charge on any atom is -0.264 e. The Kier molecular flexibility index (Phi) is 1.31. The first-order valence-corrected chi connectivity index (χ1v) is 3.90. The summed E-state index contributed by atoms with van der Waals surface area (Å²) >= 11 is 0. The van der Waals surface area contributed by atoms with E-state index in [1.165, 1.54) is 22.3 Å². The average molecular weight is 145 g/mol. The van der Waals surface area contributed by atoms with E-state index >= 15 is 0 Å². The lowest BCUT2D eigenvalue weighted by molar-refractivity contribution is 1.06. The lowest BCUT2D eigenvalue weighted by atomic mass is 10.1. The van der Waals surface area contributed by atoms with Crippen molar-refractivity contribution >= 4 is 5.57 Å². The van der Waals surface area contributed by atoms with Crippen LogP contribution in [0.5, 0.6) is 0 Å². The molecule has 0 fully saturated rings. The van der Waals surface area contributed by atoms with Crippen molar-refractivity contribution in [3.63, 3.8) is 0 Å². The van der Waals surface area contributed by atoms with Crippen LogP contribution in [0.2, 0.25) is 0 Å². The highest BCUT2D eigenvalue weighted by Gasteiger charge is 2.15. The third-order valence-electron chi connectivity index (χ3n) is 2.33. The maximum Gasteiger partial charge on any atom is 0.0345 e. The first-order valence-electron chi connectivity index (χ1n) is 3.90. The molecule has 1 aliphatic rings. The molecule has 2 rings (SSSR count). The Balaban J connectivity index is 2.66. The van der Waals surface area contributed by atoms with Crippen molar-refractivity contribution in [3.05, 3.63) is 35.7 Å². The minimum absolute atomic E-state index is 1.11. The summed E-state index contributed by atoms with van der Waals surface area (Å²) < 4.78 is 0. The monoisotopic (exact) mass is 145 g/mol. The summed E-state index contributed by atoms with van der Waals surface area (Å²) in [5, 5.41) is 0. The van der Waals surface area contributed by atoms with Gasteiger partial charge in [-0.15, -0.1) is 0 Å². The van der Waals surface area contributed by atoms with Crippen LogP contribution in [0.15, 0.2) is 19.0 Å². The number of pyridine rings is 1. The van der Waals surface area contributed by atoms with Gasteiger partial charge < -0.3 is 0 Å². The summed E-state index contributed by atoms with van der Waals surface area (Å²) in [6, 6.07) is 0. The second kappa shape index (κ2) is 2.19. The molecule has 0 saturated heterocycles. The van der Waals surface area contributed by atoms with E-state index in [0.29, 0.717) is 0 Å². The molecule has 1 heterocycles. The fraction of sp³-hybridized carbons (Fsp3) is 0.300. The van der Waals surface area contributed by atoms with Gasteiger partial charge in [-0.05, 0) is 42.0 Å². The van der Waals surface area contributed by atoms with Crippen molar-refractivity contribution in [1.82, 2.24) is 4.98 Å². The molecule has 1 aromatic heterocycles. The van der Waals surface area contributed by atoms with Crippen LogP contribution in [0.4, 0.5) is 0 Å². The zero-order valence-corrected chi connectivity index (χ0v) is 6.72. The molecule has 0 N–H and O–H groups in total. The number of hydrogen-bond acceptors (Lipinski definition) is 1. The van der Waals surface area contributed by atoms with Crippen LogP contribution >= 0.6 is 0 Å². The van der Waals surface area contributed by atoms with Gasteiger partial charge >= 0.3 is 0 Å². The van der Waals surface area contributed by atoms with Crippen LogP contribution in [0.1, 0.15) is 23.1 Å². The molecule has 0 unspecified atom stereocenters. The Morgan fingerprint density at radius 1 is 1.36 bits per heavy atom. The average Bonchev–Trinajstić information content (AvgIpc) is 2.35. The van der Waals surface area contributed by atoms with Crippen LogP contribution < -0.4 is 0 Å². The van der Waals surface area contributed by atoms with Crippen molar-refractivity contribution in [3.8, 4) is 0 Å². The fourth-order valence-corrected chi connectivity index (χ4v) is 1.64. The molecule has 1 aliphatic carbocycles. The van der Waals surface area contributed by atoms with Crippen molar-refractivity contribution in [1.29, 1.82) is 0 Å². The molecule has 11 heavy (non-hydrogen) atoms. The summed E-state index contributed by atoms with van der Waals surface area (Å²) in [4.78, 5) is 4.15. The standard InChI is InChI=1S/C10H11N/c1-7-3-4-9-8(2)5-11-6-10(7)9/h5-6H,1,3-4H2,2H3. The SMILES string of the molecule is C=C1CCc2c(C)cncc21. The molecule has 0 radical (unpaired) electrons. The van der Waals surface area contributed by atoms with E-state index < -0.39 is 0 Å². The smallest absolute Gasteiger partial charge is 0.0345 e. The lowest BCUT2D eigenvalue weighted by Crippen LogP contribution is -1.87. The zero-order chi connectivity index (χ0) is 7.84. The highest BCUT2D eigenvalue weighted by atomic mass is 14.6. The van der Waals surface area contributed by atoms with Crippen LogP contribution in [0.3, 0.4) is 0 Å². The summed E-state index contributed by atoms with van der Waals surface area (Å²) in [7, 11) is 0. The molecule has 0 aliphatic heterocycles. The number of fused-ring (bicyclic) bond motifs is 1. The number of aryl methyl sites for hydroxylation is 1. The maximum atomic E-state index is 4.15. The Hall–Kier alpha value is -1.11. The summed E-state index contributed by atoms with van der Waals surface area (Å²) in [6.45, 7) is 6.11. The van der Waals surface area contributed by atoms with Crippen LogP contribution in [0.25, 0.3) is 5.57 Å². The third-order valence-corrected chi connectivity index (χ3v) is 2.33. The van der Waals surface area contributed by atoms with Gasteiger partial charge in [-0.1, -0.05) is 6.58 Å². The van der Waals surface area contributed by atoms with Gasteiger partial charge in [0.2, 0.25) is 0 Å². The predicted octanol–water partition coefficient (Wildman–Crippen LogP) is 2.35. The van der Waals surface area contributed by atoms with Gasteiger partial charge in [0.15, 0.2) is 0 Å². The molecule has 1 aromatic rings. The highest BCUT2D eigenvalue weighted by Crippen LogP contribution is 2.31. The minimum atomic E-state index is 1.11. The summed E-state index contributed by atoms with van der Waals surface area (Å²) in [5.41, 5.74) is 5.28. The fourth-order valence-electron chi connectivity index (χ4n) is 1.64. The molecule has 0 aromatic carbocycles. The summed E-state index contributed by atoms with van der Waals surface area (Å²) in [5.74, 6) is 0. The Labute approximate surface area is 66.8 Å². The first kappa shape index (κ1) is 6.59. The molecule has 0 saturated carbocycles. The Morgan fingerprint density at radius 3 is 2.91 bits per heavy atom. The van der Waals surface area contributed by atoms with Crippen molar-refractivity contribution in [2.24, 2.45) is 0 Å². The number of hydrogen-bond donors (Lipinski definition) is 0. The molecule has 0 amide bonds. The van der Waals surface area contributed by atoms with Gasteiger partial charge in [0.05, 0.1) is 0 Å². The lowest BCUT2D eigenvalue weighted by Gasteiger charge is -2.00. The van der Waals surface area contributed by atoms with Crippen LogP contribution in [-0.4, -0.2) is 4.98 Å². The molecule has 1 nitrogen and oxygen atoms in total. The topological polar surface area (TPSA) is 12.9 Å². The maximum absolute atomic E-state index is 4.15. The van der Waals surface area contributed by atoms with E-state index in [-0.39, 0.29) is 0 Å². The van der Waals surface area contributed by atoms with E-state index in [0.717, 1.165) is 12.8 Å². The van der Waals surface area contributed by atoms with Crippen molar-refractivity contribution < 1.29 is 0 Å². The second-order valence-electron chi connectivity index (χ2n) is 3.09. The molecular weight excluding hydrogens is 134 g/mol. The van der Waals surface area contributed by atoms with Crippen LogP contribution in [0, 0.1) is 6.92 Å². The first-order chi connectivity index (χ1) is 5.29. The number of nitrogens with zero attached hydrogens (tertiary/aromatic N) is 1. The zero-order valence-electron chi connectivity index (χ0n) is 6.72. The second-order valence-corrected chi connectivity index (χ2v) is 3.09. The van der Waals surface area contributed by atoms with Gasteiger partial charge in [0.25, 0.3) is 0 Å². The van der Waals surface area contributed by atoms with Gasteiger partial charge in [-0.25, -0.2) is 0 Å². The van der Waals surface area contributed by atoms with E-state index in [9.17, 15) is 0 Å². The largest absolute Gasteiger partial charge is 0.264 e. The third kappa shape index (κ3) is 0.881. The molecule has 1 heteroatoms. The Morgan fingerprint density at radius 2 is 2.18 bits per heavy atom. The summed E-state index contributed by atoms with van der Waals surface area (Å²) in [6.07, 6.45) is 6.12. The van der Waals surface area contributed by atoms with Crippen LogP contribution in [-0.2, 0) is 6.42 Å². The van der Waals surface area contributed by atoms with Crippen molar-refractivity contribution in [2.45, 2.75) is 19.8 Å². The van der Waals surface area contributed by atoms with Gasteiger partial charge in [-0.2, -0.15) is 0 Å².